The lowest BCUT2D eigenvalue weighted by atomic mass is 10.1. The van der Waals surface area contributed by atoms with Crippen LogP contribution < -0.4 is 0 Å². The molecule has 0 spiro atoms. The molecule has 0 bridgehead atoms. The molecule has 1 heterocycles. The lowest BCUT2D eigenvalue weighted by Crippen LogP contribution is -1.86. The molecule has 1 aliphatic carbocycles. The Bertz CT molecular complexity index is 424. The van der Waals surface area contributed by atoms with Gasteiger partial charge in [0, 0.05) is 18.4 Å². The zero-order chi connectivity index (χ0) is 9.38. The Kier molecular flexibility index (Phi) is 1.69. The maximum Gasteiger partial charge on any atom is 0.0332 e. The van der Waals surface area contributed by atoms with Crippen molar-refractivity contribution in [2.24, 2.45) is 0 Å². The van der Waals surface area contributed by atoms with Crippen molar-refractivity contribution in [1.82, 2.24) is 4.57 Å². The Morgan fingerprint density at radius 2 is 1.71 bits per heavy atom. The van der Waals surface area contributed by atoms with E-state index in [0.717, 1.165) is 6.04 Å². The average molecular weight is 183 g/mol. The zero-order valence-electron chi connectivity index (χ0n) is 8.06. The zero-order valence-corrected chi connectivity index (χ0v) is 8.06. The van der Waals surface area contributed by atoms with E-state index in [1.165, 1.54) is 24.0 Å². The van der Waals surface area contributed by atoms with Crippen LogP contribution in [0.25, 0.3) is 11.1 Å². The number of hydrogen-bond acceptors (Lipinski definition) is 0. The molecule has 14 heavy (non-hydrogen) atoms. The molecule has 0 aliphatic heterocycles. The molecule has 1 saturated carbocycles. The molecule has 1 nitrogen and oxygen atoms in total. The van der Waals surface area contributed by atoms with Crippen LogP contribution in [0, 0.1) is 0 Å². The first-order valence-electron chi connectivity index (χ1n) is 5.16. The summed E-state index contributed by atoms with van der Waals surface area (Å²) in [5.41, 5.74) is 2.64. The summed E-state index contributed by atoms with van der Waals surface area (Å²) in [6.45, 7) is 0. The van der Waals surface area contributed by atoms with Gasteiger partial charge < -0.3 is 4.57 Å². The molecule has 1 aromatic heterocycles. The number of rotatable bonds is 2. The number of hydrogen-bond donors (Lipinski definition) is 0. The fourth-order valence-electron chi connectivity index (χ4n) is 1.81. The lowest BCUT2D eigenvalue weighted by molar-refractivity contribution is 0.748. The van der Waals surface area contributed by atoms with Gasteiger partial charge in [-0.15, -0.1) is 0 Å². The third-order valence-corrected chi connectivity index (χ3v) is 2.79. The van der Waals surface area contributed by atoms with Crippen molar-refractivity contribution in [3.63, 3.8) is 0 Å². The van der Waals surface area contributed by atoms with Crippen molar-refractivity contribution < 1.29 is 0 Å². The van der Waals surface area contributed by atoms with Crippen LogP contribution in [-0.4, -0.2) is 4.57 Å². The van der Waals surface area contributed by atoms with Gasteiger partial charge in [0.25, 0.3) is 0 Å². The minimum Gasteiger partial charge on any atom is -0.351 e. The second kappa shape index (κ2) is 3.02. The first kappa shape index (κ1) is 7.86. The highest BCUT2D eigenvalue weighted by molar-refractivity contribution is 5.62. The van der Waals surface area contributed by atoms with Gasteiger partial charge in [0.2, 0.25) is 0 Å². The maximum absolute atomic E-state index is 2.34. The fraction of sp³-hybridized carbons (Fsp3) is 0.231. The molecule has 0 unspecified atom stereocenters. The number of nitrogens with zero attached hydrogens (tertiary/aromatic N) is 1. The average Bonchev–Trinajstić information content (AvgIpc) is 2.98. The Morgan fingerprint density at radius 3 is 2.43 bits per heavy atom. The SMILES string of the molecule is c1ccc(-c2ccn(C3CC3)c2)cc1. The molecule has 0 saturated heterocycles. The predicted octanol–water partition coefficient (Wildman–Crippen LogP) is 3.49. The second-order valence-electron chi connectivity index (χ2n) is 3.94. The summed E-state index contributed by atoms with van der Waals surface area (Å²) in [4.78, 5) is 0. The molecule has 1 aliphatic rings. The normalized spacial score (nSPS) is 15.7. The smallest absolute Gasteiger partial charge is 0.0332 e. The third kappa shape index (κ3) is 1.35. The van der Waals surface area contributed by atoms with E-state index in [0.29, 0.717) is 0 Å². The Morgan fingerprint density at radius 1 is 0.929 bits per heavy atom. The maximum atomic E-state index is 2.34. The molecule has 0 atom stereocenters. The Hall–Kier alpha value is -1.50. The van der Waals surface area contributed by atoms with Crippen molar-refractivity contribution in [3.05, 3.63) is 48.8 Å². The molecule has 0 N–H and O–H groups in total. The van der Waals surface area contributed by atoms with Gasteiger partial charge in [-0.3, -0.25) is 0 Å². The van der Waals surface area contributed by atoms with Gasteiger partial charge in [0.1, 0.15) is 0 Å². The first-order valence-corrected chi connectivity index (χ1v) is 5.16. The summed E-state index contributed by atoms with van der Waals surface area (Å²) in [7, 11) is 0. The Balaban J connectivity index is 1.96. The fourth-order valence-corrected chi connectivity index (χ4v) is 1.81. The van der Waals surface area contributed by atoms with Crippen LogP contribution in [0.2, 0.25) is 0 Å². The number of aromatic nitrogens is 1. The molecule has 0 amide bonds. The van der Waals surface area contributed by atoms with E-state index in [-0.39, 0.29) is 0 Å². The molecule has 70 valence electrons. The van der Waals surface area contributed by atoms with E-state index in [2.05, 4.69) is 53.4 Å². The molecule has 1 fully saturated rings. The highest BCUT2D eigenvalue weighted by Crippen LogP contribution is 2.36. The van der Waals surface area contributed by atoms with Crippen molar-refractivity contribution >= 4 is 0 Å². The van der Waals surface area contributed by atoms with Crippen LogP contribution >= 0.6 is 0 Å². The summed E-state index contributed by atoms with van der Waals surface area (Å²) in [5.74, 6) is 0. The summed E-state index contributed by atoms with van der Waals surface area (Å²) < 4.78 is 2.34. The standard InChI is InChI=1S/C13H13N/c1-2-4-11(5-3-1)12-8-9-14(10-12)13-6-7-13/h1-5,8-10,13H,6-7H2. The minimum atomic E-state index is 0.785. The van der Waals surface area contributed by atoms with E-state index in [9.17, 15) is 0 Å². The van der Waals surface area contributed by atoms with Gasteiger partial charge in [-0.1, -0.05) is 30.3 Å². The molecule has 1 aromatic carbocycles. The van der Waals surface area contributed by atoms with E-state index < -0.39 is 0 Å². The van der Waals surface area contributed by atoms with E-state index in [1.807, 2.05) is 0 Å². The highest BCUT2D eigenvalue weighted by Gasteiger charge is 2.22. The molecule has 3 rings (SSSR count). The molecule has 1 heteroatoms. The van der Waals surface area contributed by atoms with Crippen LogP contribution in [0.5, 0.6) is 0 Å². The topological polar surface area (TPSA) is 4.93 Å². The lowest BCUT2D eigenvalue weighted by Gasteiger charge is -1.97. The largest absolute Gasteiger partial charge is 0.351 e. The summed E-state index contributed by atoms with van der Waals surface area (Å²) >= 11 is 0. The first-order chi connectivity index (χ1) is 6.93. The van der Waals surface area contributed by atoms with Gasteiger partial charge in [-0.2, -0.15) is 0 Å². The monoisotopic (exact) mass is 183 g/mol. The van der Waals surface area contributed by atoms with Crippen molar-refractivity contribution in [2.45, 2.75) is 18.9 Å². The van der Waals surface area contributed by atoms with E-state index in [4.69, 9.17) is 0 Å². The van der Waals surface area contributed by atoms with Crippen molar-refractivity contribution in [1.29, 1.82) is 0 Å². The summed E-state index contributed by atoms with van der Waals surface area (Å²) in [5, 5.41) is 0. The molecule has 2 aromatic rings. The minimum absolute atomic E-state index is 0.785. The quantitative estimate of drug-likeness (QED) is 0.671. The predicted molar refractivity (Wildman–Crippen MR) is 58.1 cm³/mol. The Labute approximate surface area is 84.0 Å². The van der Waals surface area contributed by atoms with Gasteiger partial charge in [-0.05, 0) is 30.0 Å². The van der Waals surface area contributed by atoms with Crippen LogP contribution in [0.3, 0.4) is 0 Å². The van der Waals surface area contributed by atoms with E-state index >= 15 is 0 Å². The third-order valence-electron chi connectivity index (χ3n) is 2.79. The van der Waals surface area contributed by atoms with Gasteiger partial charge in [0.15, 0.2) is 0 Å². The van der Waals surface area contributed by atoms with Crippen molar-refractivity contribution in [3.8, 4) is 11.1 Å². The van der Waals surface area contributed by atoms with Gasteiger partial charge >= 0.3 is 0 Å². The van der Waals surface area contributed by atoms with Gasteiger partial charge in [-0.25, -0.2) is 0 Å². The van der Waals surface area contributed by atoms with Crippen LogP contribution in [-0.2, 0) is 0 Å². The molecule has 0 radical (unpaired) electrons. The molecular formula is C13H13N. The highest BCUT2D eigenvalue weighted by atomic mass is 15.0. The summed E-state index contributed by atoms with van der Waals surface area (Å²) in [6, 6.07) is 13.5. The number of benzene rings is 1. The molecular weight excluding hydrogens is 170 g/mol. The van der Waals surface area contributed by atoms with Gasteiger partial charge in [0.05, 0.1) is 0 Å². The van der Waals surface area contributed by atoms with Crippen molar-refractivity contribution in [2.75, 3.05) is 0 Å². The van der Waals surface area contributed by atoms with Crippen LogP contribution in [0.15, 0.2) is 48.8 Å². The second-order valence-corrected chi connectivity index (χ2v) is 3.94. The summed E-state index contributed by atoms with van der Waals surface area (Å²) in [6.07, 6.45) is 7.15. The van der Waals surface area contributed by atoms with Crippen LogP contribution in [0.1, 0.15) is 18.9 Å². The van der Waals surface area contributed by atoms with E-state index in [1.54, 1.807) is 0 Å². The van der Waals surface area contributed by atoms with Crippen LogP contribution in [0.4, 0.5) is 0 Å².